The number of piperidine rings is 1. The molecule has 1 spiro atoms. The molecule has 4 heteroatoms. The summed E-state index contributed by atoms with van der Waals surface area (Å²) in [7, 11) is 0. The number of nitrogens with zero attached hydrogens (tertiary/aromatic N) is 2. The summed E-state index contributed by atoms with van der Waals surface area (Å²) in [5.41, 5.74) is 3.70. The molecule has 3 aliphatic rings. The van der Waals surface area contributed by atoms with Crippen LogP contribution in [0.2, 0.25) is 0 Å². The molecule has 1 amide bonds. The molecule has 4 nitrogen and oxygen atoms in total. The summed E-state index contributed by atoms with van der Waals surface area (Å²) in [6.07, 6.45) is 9.98. The standard InChI is InChI=1S/C22H27N3O/c26-21(16-17-6-1-2-7-17)24-14-11-22(12-15-24)20-10-5-13-25(20)19-9-4-3-8-18(19)23-22/h3-5,8-10,13,17,23H,1-2,6-7,11-12,14-16H2. The molecule has 0 bridgehead atoms. The molecule has 1 aliphatic carbocycles. The Labute approximate surface area is 155 Å². The van der Waals surface area contributed by atoms with Gasteiger partial charge in [-0.3, -0.25) is 4.79 Å². The summed E-state index contributed by atoms with van der Waals surface area (Å²) in [5.74, 6) is 1.01. The second-order valence-corrected chi connectivity index (χ2v) is 8.22. The zero-order valence-electron chi connectivity index (χ0n) is 15.3. The lowest BCUT2D eigenvalue weighted by atomic mass is 9.82. The highest BCUT2D eigenvalue weighted by molar-refractivity contribution is 5.77. The Bertz CT molecular complexity index is 810. The molecular weight excluding hydrogens is 322 g/mol. The van der Waals surface area contributed by atoms with Crippen LogP contribution in [0.25, 0.3) is 5.69 Å². The molecule has 3 heterocycles. The molecule has 0 atom stereocenters. The van der Waals surface area contributed by atoms with Gasteiger partial charge >= 0.3 is 0 Å². The number of aromatic nitrogens is 1. The van der Waals surface area contributed by atoms with E-state index in [1.807, 2.05) is 0 Å². The second-order valence-electron chi connectivity index (χ2n) is 8.22. The van der Waals surface area contributed by atoms with Crippen LogP contribution < -0.4 is 5.32 Å². The Morgan fingerprint density at radius 3 is 2.65 bits per heavy atom. The van der Waals surface area contributed by atoms with E-state index >= 15 is 0 Å². The van der Waals surface area contributed by atoms with E-state index in [9.17, 15) is 4.79 Å². The van der Waals surface area contributed by atoms with Crippen LogP contribution in [0, 0.1) is 5.92 Å². The third-order valence-electron chi connectivity index (χ3n) is 6.68. The van der Waals surface area contributed by atoms with Crippen molar-refractivity contribution in [2.24, 2.45) is 5.92 Å². The van der Waals surface area contributed by atoms with Gasteiger partial charge < -0.3 is 14.8 Å². The van der Waals surface area contributed by atoms with Crippen LogP contribution in [0.5, 0.6) is 0 Å². The molecule has 2 aliphatic heterocycles. The summed E-state index contributed by atoms with van der Waals surface area (Å²) in [6, 6.07) is 12.9. The number of carbonyl (C=O) groups excluding carboxylic acids is 1. The number of hydrogen-bond donors (Lipinski definition) is 1. The maximum Gasteiger partial charge on any atom is 0.222 e. The number of anilines is 1. The Balaban J connectivity index is 1.34. The van der Waals surface area contributed by atoms with E-state index in [2.05, 4.69) is 57.4 Å². The lowest BCUT2D eigenvalue weighted by Crippen LogP contribution is -2.51. The third kappa shape index (κ3) is 2.54. The minimum Gasteiger partial charge on any atom is -0.372 e. The van der Waals surface area contributed by atoms with E-state index in [0.717, 1.165) is 32.4 Å². The molecule has 0 unspecified atom stereocenters. The summed E-state index contributed by atoms with van der Waals surface area (Å²) >= 11 is 0. The molecule has 1 aromatic carbocycles. The van der Waals surface area contributed by atoms with Crippen LogP contribution in [0.15, 0.2) is 42.6 Å². The number of carbonyl (C=O) groups is 1. The van der Waals surface area contributed by atoms with E-state index in [4.69, 9.17) is 0 Å². The molecule has 1 N–H and O–H groups in total. The van der Waals surface area contributed by atoms with E-state index in [1.54, 1.807) is 0 Å². The normalized spacial score (nSPS) is 21.3. The Morgan fingerprint density at radius 1 is 1.08 bits per heavy atom. The predicted molar refractivity (Wildman–Crippen MR) is 103 cm³/mol. The van der Waals surface area contributed by atoms with Crippen LogP contribution in [0.3, 0.4) is 0 Å². The van der Waals surface area contributed by atoms with Gasteiger partial charge in [-0.15, -0.1) is 0 Å². The maximum absolute atomic E-state index is 12.7. The van der Waals surface area contributed by atoms with Crippen molar-refractivity contribution in [3.63, 3.8) is 0 Å². The summed E-state index contributed by atoms with van der Waals surface area (Å²) < 4.78 is 2.32. The molecule has 0 radical (unpaired) electrons. The minimum absolute atomic E-state index is 0.0536. The van der Waals surface area contributed by atoms with Crippen molar-refractivity contribution in [1.29, 1.82) is 0 Å². The summed E-state index contributed by atoms with van der Waals surface area (Å²) in [5, 5.41) is 3.83. The van der Waals surface area contributed by atoms with Gasteiger partial charge in [0.2, 0.25) is 5.91 Å². The van der Waals surface area contributed by atoms with Gasteiger partial charge in [0, 0.05) is 31.4 Å². The Morgan fingerprint density at radius 2 is 1.85 bits per heavy atom. The zero-order chi connectivity index (χ0) is 17.6. The number of nitrogens with one attached hydrogen (secondary N) is 1. The molecule has 136 valence electrons. The monoisotopic (exact) mass is 349 g/mol. The first-order chi connectivity index (χ1) is 12.8. The molecule has 2 fully saturated rings. The van der Waals surface area contributed by atoms with Crippen molar-refractivity contribution in [3.8, 4) is 5.69 Å². The number of likely N-dealkylation sites (tertiary alicyclic amines) is 1. The first kappa shape index (κ1) is 16.0. The average Bonchev–Trinajstić information content (AvgIpc) is 3.35. The molecule has 5 rings (SSSR count). The fourth-order valence-corrected chi connectivity index (χ4v) is 5.20. The molecule has 2 aromatic rings. The summed E-state index contributed by atoms with van der Waals surface area (Å²) in [4.78, 5) is 14.8. The van der Waals surface area contributed by atoms with Crippen molar-refractivity contribution in [2.75, 3.05) is 18.4 Å². The van der Waals surface area contributed by atoms with Crippen molar-refractivity contribution in [3.05, 3.63) is 48.3 Å². The van der Waals surface area contributed by atoms with Crippen LogP contribution in [0.4, 0.5) is 5.69 Å². The van der Waals surface area contributed by atoms with Crippen LogP contribution in [0.1, 0.15) is 50.6 Å². The first-order valence-electron chi connectivity index (χ1n) is 10.1. The first-order valence-corrected chi connectivity index (χ1v) is 10.1. The third-order valence-corrected chi connectivity index (χ3v) is 6.68. The number of para-hydroxylation sites is 2. The fraction of sp³-hybridized carbons (Fsp3) is 0.500. The van der Waals surface area contributed by atoms with Crippen molar-refractivity contribution in [1.82, 2.24) is 9.47 Å². The van der Waals surface area contributed by atoms with Gasteiger partial charge in [0.15, 0.2) is 0 Å². The lowest BCUT2D eigenvalue weighted by Gasteiger charge is -2.46. The van der Waals surface area contributed by atoms with Crippen LogP contribution in [-0.2, 0) is 10.3 Å². The average molecular weight is 349 g/mol. The van der Waals surface area contributed by atoms with Crippen molar-refractivity contribution in [2.45, 2.75) is 50.5 Å². The lowest BCUT2D eigenvalue weighted by molar-refractivity contribution is -0.133. The van der Waals surface area contributed by atoms with E-state index < -0.39 is 0 Å². The van der Waals surface area contributed by atoms with E-state index in [0.29, 0.717) is 11.8 Å². The molecule has 26 heavy (non-hydrogen) atoms. The zero-order valence-corrected chi connectivity index (χ0v) is 15.3. The molecule has 1 aromatic heterocycles. The Kier molecular flexibility index (Phi) is 3.80. The van der Waals surface area contributed by atoms with E-state index in [1.165, 1.54) is 42.8 Å². The number of rotatable bonds is 2. The maximum atomic E-state index is 12.7. The number of fused-ring (bicyclic) bond motifs is 4. The van der Waals surface area contributed by atoms with Crippen LogP contribution in [-0.4, -0.2) is 28.5 Å². The van der Waals surface area contributed by atoms with Gasteiger partial charge in [-0.25, -0.2) is 0 Å². The van der Waals surface area contributed by atoms with Gasteiger partial charge in [0.1, 0.15) is 0 Å². The predicted octanol–water partition coefficient (Wildman–Crippen LogP) is 4.30. The van der Waals surface area contributed by atoms with Crippen molar-refractivity contribution >= 4 is 11.6 Å². The van der Waals surface area contributed by atoms with Crippen LogP contribution >= 0.6 is 0 Å². The SMILES string of the molecule is O=C(CC1CCCC1)N1CCC2(CC1)Nc1ccccc1-n1cccc12. The largest absolute Gasteiger partial charge is 0.372 e. The quantitative estimate of drug-likeness (QED) is 0.878. The van der Waals surface area contributed by atoms with Gasteiger partial charge in [-0.2, -0.15) is 0 Å². The van der Waals surface area contributed by atoms with Gasteiger partial charge in [0.25, 0.3) is 0 Å². The second kappa shape index (κ2) is 6.19. The van der Waals surface area contributed by atoms with Gasteiger partial charge in [0.05, 0.1) is 16.9 Å². The molecule has 1 saturated heterocycles. The highest BCUT2D eigenvalue weighted by Crippen LogP contribution is 2.43. The van der Waals surface area contributed by atoms with Gasteiger partial charge in [-0.05, 0) is 55.9 Å². The fourth-order valence-electron chi connectivity index (χ4n) is 5.20. The Hall–Kier alpha value is -2.23. The minimum atomic E-state index is -0.0536. The topological polar surface area (TPSA) is 37.3 Å². The molecular formula is C22H27N3O. The molecule has 1 saturated carbocycles. The van der Waals surface area contributed by atoms with E-state index in [-0.39, 0.29) is 5.54 Å². The number of amides is 1. The number of hydrogen-bond acceptors (Lipinski definition) is 2. The smallest absolute Gasteiger partial charge is 0.222 e. The highest BCUT2D eigenvalue weighted by Gasteiger charge is 2.42. The van der Waals surface area contributed by atoms with Crippen molar-refractivity contribution < 1.29 is 4.79 Å². The van der Waals surface area contributed by atoms with Gasteiger partial charge in [-0.1, -0.05) is 25.0 Å². The summed E-state index contributed by atoms with van der Waals surface area (Å²) in [6.45, 7) is 1.71. The highest BCUT2D eigenvalue weighted by atomic mass is 16.2. The number of benzene rings is 1.